The Kier molecular flexibility index (Phi) is 5.85. The number of piperazine rings is 1. The zero-order chi connectivity index (χ0) is 20.5. The fraction of sp³-hybridized carbons (Fsp3) is 0.476. The summed E-state index contributed by atoms with van der Waals surface area (Å²) < 4.78 is 0.981. The van der Waals surface area contributed by atoms with Gasteiger partial charge >= 0.3 is 0 Å². The molecule has 8 heteroatoms. The first kappa shape index (κ1) is 20.3. The molecule has 2 aliphatic rings. The van der Waals surface area contributed by atoms with Crippen molar-refractivity contribution in [2.75, 3.05) is 37.6 Å². The molecule has 1 aliphatic carbocycles. The van der Waals surface area contributed by atoms with Crippen LogP contribution in [0.5, 0.6) is 0 Å². The molecule has 1 aromatic carbocycles. The largest absolute Gasteiger partial charge is 0.387 e. The number of amides is 1. The number of nitrogens with zero attached hydrogens (tertiary/aromatic N) is 4. The van der Waals surface area contributed by atoms with Crippen molar-refractivity contribution in [1.82, 2.24) is 14.9 Å². The van der Waals surface area contributed by atoms with Gasteiger partial charge in [-0.25, -0.2) is 9.97 Å². The summed E-state index contributed by atoms with van der Waals surface area (Å²) in [4.78, 5) is 26.0. The number of rotatable bonds is 4. The first-order valence-corrected chi connectivity index (χ1v) is 10.8. The Morgan fingerprint density at radius 3 is 2.59 bits per heavy atom. The molecule has 1 saturated heterocycles. The lowest BCUT2D eigenvalue weighted by Gasteiger charge is -2.37. The van der Waals surface area contributed by atoms with Crippen LogP contribution in [0.25, 0.3) is 0 Å². The molecule has 7 nitrogen and oxygen atoms in total. The smallest absolute Gasteiger partial charge is 0.231 e. The average molecular weight is 460 g/mol. The van der Waals surface area contributed by atoms with E-state index in [9.17, 15) is 9.90 Å². The maximum Gasteiger partial charge on any atom is 0.231 e. The van der Waals surface area contributed by atoms with Gasteiger partial charge in [-0.1, -0.05) is 35.0 Å². The molecule has 2 heterocycles. The van der Waals surface area contributed by atoms with Crippen LogP contribution < -0.4 is 10.6 Å². The van der Waals surface area contributed by atoms with Crippen molar-refractivity contribution in [3.8, 4) is 0 Å². The summed E-state index contributed by atoms with van der Waals surface area (Å²) in [7, 11) is 0. The lowest BCUT2D eigenvalue weighted by molar-refractivity contribution is -0.132. The van der Waals surface area contributed by atoms with Gasteiger partial charge in [0.1, 0.15) is 12.1 Å². The van der Waals surface area contributed by atoms with Gasteiger partial charge in [0.05, 0.1) is 17.7 Å². The first-order chi connectivity index (χ1) is 14.0. The van der Waals surface area contributed by atoms with Gasteiger partial charge in [0.25, 0.3) is 0 Å². The summed E-state index contributed by atoms with van der Waals surface area (Å²) in [5.41, 5.74) is 8.69. The molecule has 154 valence electrons. The molecule has 29 heavy (non-hydrogen) atoms. The van der Waals surface area contributed by atoms with Crippen molar-refractivity contribution in [2.24, 2.45) is 5.73 Å². The third-order valence-corrected chi connectivity index (χ3v) is 6.50. The van der Waals surface area contributed by atoms with Crippen LogP contribution in [0.3, 0.4) is 0 Å². The standard InChI is InChI=1S/C21H26BrN5O2/c1-13-10-17(28)19-18(13)20(25-12-24-19)26-6-8-27(9-7-26)21(29)16(11-23)14-2-4-15(22)5-3-14/h2-5,12-13,16-17,28H,6-11,23H2,1H3/t13-,16-,17+/m1/s1. The zero-order valence-corrected chi connectivity index (χ0v) is 18.0. The second-order valence-corrected chi connectivity index (χ2v) is 8.72. The van der Waals surface area contributed by atoms with Gasteiger partial charge in [-0.3, -0.25) is 4.79 Å². The molecule has 1 amide bonds. The molecular weight excluding hydrogens is 434 g/mol. The van der Waals surface area contributed by atoms with Crippen LogP contribution in [0.4, 0.5) is 5.82 Å². The lowest BCUT2D eigenvalue weighted by atomic mass is 9.97. The second kappa shape index (κ2) is 8.38. The molecule has 1 aliphatic heterocycles. The third kappa shape index (κ3) is 3.89. The molecule has 0 saturated carbocycles. The molecule has 3 atom stereocenters. The van der Waals surface area contributed by atoms with Crippen LogP contribution >= 0.6 is 15.9 Å². The summed E-state index contributed by atoms with van der Waals surface area (Å²) in [6.07, 6.45) is 1.70. The Morgan fingerprint density at radius 2 is 1.93 bits per heavy atom. The number of aromatic nitrogens is 2. The van der Waals surface area contributed by atoms with E-state index in [1.165, 1.54) is 6.33 Å². The molecule has 2 aromatic rings. The molecule has 4 rings (SSSR count). The van der Waals surface area contributed by atoms with Crippen molar-refractivity contribution in [3.05, 3.63) is 51.9 Å². The van der Waals surface area contributed by atoms with Crippen molar-refractivity contribution >= 4 is 27.7 Å². The van der Waals surface area contributed by atoms with Gasteiger partial charge in [-0.05, 0) is 30.0 Å². The van der Waals surface area contributed by atoms with E-state index in [1.807, 2.05) is 29.2 Å². The molecule has 0 radical (unpaired) electrons. The minimum atomic E-state index is -0.513. The fourth-order valence-corrected chi connectivity index (χ4v) is 4.65. The number of carbonyl (C=O) groups is 1. The van der Waals surface area contributed by atoms with Crippen molar-refractivity contribution in [1.29, 1.82) is 0 Å². The molecule has 0 unspecified atom stereocenters. The monoisotopic (exact) mass is 459 g/mol. The number of nitrogens with two attached hydrogens (primary N) is 1. The fourth-order valence-electron chi connectivity index (χ4n) is 4.39. The minimum Gasteiger partial charge on any atom is -0.387 e. The van der Waals surface area contributed by atoms with Crippen LogP contribution in [0.2, 0.25) is 0 Å². The van der Waals surface area contributed by atoms with Gasteiger partial charge in [-0.2, -0.15) is 0 Å². The highest BCUT2D eigenvalue weighted by Gasteiger charge is 2.34. The summed E-state index contributed by atoms with van der Waals surface area (Å²) in [5.74, 6) is 0.878. The molecule has 0 bridgehead atoms. The van der Waals surface area contributed by atoms with Gasteiger partial charge in [0.2, 0.25) is 5.91 Å². The van der Waals surface area contributed by atoms with Gasteiger partial charge in [-0.15, -0.1) is 0 Å². The highest BCUT2D eigenvalue weighted by atomic mass is 79.9. The Bertz CT molecular complexity index is 883. The minimum absolute atomic E-state index is 0.0752. The highest BCUT2D eigenvalue weighted by molar-refractivity contribution is 9.10. The highest BCUT2D eigenvalue weighted by Crippen LogP contribution is 2.42. The number of aliphatic hydroxyl groups excluding tert-OH is 1. The Labute approximate surface area is 179 Å². The number of fused-ring (bicyclic) bond motifs is 1. The summed E-state index contributed by atoms with van der Waals surface area (Å²) in [5, 5.41) is 10.2. The normalized spacial score (nSPS) is 22.5. The van der Waals surface area contributed by atoms with Crippen LogP contribution in [-0.2, 0) is 4.79 Å². The predicted octanol–water partition coefficient (Wildman–Crippen LogP) is 2.17. The lowest BCUT2D eigenvalue weighted by Crippen LogP contribution is -2.51. The van der Waals surface area contributed by atoms with Gasteiger partial charge < -0.3 is 20.6 Å². The predicted molar refractivity (Wildman–Crippen MR) is 115 cm³/mol. The topological polar surface area (TPSA) is 95.6 Å². The van der Waals surface area contributed by atoms with E-state index >= 15 is 0 Å². The van der Waals surface area contributed by atoms with Crippen molar-refractivity contribution < 1.29 is 9.90 Å². The Hall–Kier alpha value is -2.03. The number of hydrogen-bond donors (Lipinski definition) is 2. The van der Waals surface area contributed by atoms with Crippen LogP contribution in [-0.4, -0.2) is 58.6 Å². The van der Waals surface area contributed by atoms with Gasteiger partial charge in [0.15, 0.2) is 0 Å². The maximum atomic E-state index is 13.1. The van der Waals surface area contributed by atoms with E-state index in [0.29, 0.717) is 32.6 Å². The third-order valence-electron chi connectivity index (χ3n) is 5.98. The van der Waals surface area contributed by atoms with Crippen molar-refractivity contribution in [3.63, 3.8) is 0 Å². The first-order valence-electron chi connectivity index (χ1n) is 10.0. The SMILES string of the molecule is C[C@@H]1C[C@H](O)c2ncnc(N3CCN(C(=O)[C@H](CN)c4ccc(Br)cc4)CC3)c21. The molecule has 1 aromatic heterocycles. The molecule has 1 fully saturated rings. The summed E-state index contributed by atoms with van der Waals surface area (Å²) in [6, 6.07) is 7.78. The molecule has 3 N–H and O–H groups in total. The molecular formula is C21H26BrN5O2. The van der Waals surface area contributed by atoms with E-state index < -0.39 is 6.10 Å². The van der Waals surface area contributed by atoms with Gasteiger partial charge in [0, 0.05) is 42.8 Å². The van der Waals surface area contributed by atoms with E-state index in [0.717, 1.165) is 27.1 Å². The number of carbonyl (C=O) groups excluding carboxylic acids is 1. The number of hydrogen-bond acceptors (Lipinski definition) is 6. The van der Waals surface area contributed by atoms with Crippen LogP contribution in [0.1, 0.15) is 48.1 Å². The van der Waals surface area contributed by atoms with Crippen LogP contribution in [0, 0.1) is 0 Å². The van der Waals surface area contributed by atoms with E-state index in [-0.39, 0.29) is 24.3 Å². The number of anilines is 1. The number of benzene rings is 1. The molecule has 0 spiro atoms. The number of halogens is 1. The van der Waals surface area contributed by atoms with E-state index in [1.54, 1.807) is 0 Å². The summed E-state index contributed by atoms with van der Waals surface area (Å²) in [6.45, 7) is 5.05. The number of aliphatic hydroxyl groups is 1. The second-order valence-electron chi connectivity index (χ2n) is 7.80. The zero-order valence-electron chi connectivity index (χ0n) is 16.5. The van der Waals surface area contributed by atoms with Crippen LogP contribution in [0.15, 0.2) is 35.1 Å². The quantitative estimate of drug-likeness (QED) is 0.727. The van der Waals surface area contributed by atoms with E-state index in [2.05, 4.69) is 37.7 Å². The Morgan fingerprint density at radius 1 is 1.24 bits per heavy atom. The Balaban J connectivity index is 1.46. The average Bonchev–Trinajstić information content (AvgIpc) is 3.04. The maximum absolute atomic E-state index is 13.1. The van der Waals surface area contributed by atoms with E-state index in [4.69, 9.17) is 5.73 Å². The summed E-state index contributed by atoms with van der Waals surface area (Å²) >= 11 is 3.43. The van der Waals surface area contributed by atoms with Crippen molar-refractivity contribution in [2.45, 2.75) is 31.3 Å².